The first-order valence-electron chi connectivity index (χ1n) is 4.32. The van der Waals surface area contributed by atoms with Gasteiger partial charge in [-0.3, -0.25) is 4.90 Å². The molecule has 0 aromatic carbocycles. The summed E-state index contributed by atoms with van der Waals surface area (Å²) in [6.45, 7) is 7.74. The van der Waals surface area contributed by atoms with Crippen LogP contribution in [0.3, 0.4) is 0 Å². The minimum absolute atomic E-state index is 0.542. The average Bonchev–Trinajstić information content (AvgIpc) is 2.01. The summed E-state index contributed by atoms with van der Waals surface area (Å²) in [6.07, 6.45) is 4.98. The second-order valence-corrected chi connectivity index (χ2v) is 3.21. The molecule has 1 rings (SSSR count). The molecular weight excluding hydrogens is 136 g/mol. The van der Waals surface area contributed by atoms with Crippen LogP contribution in [0.1, 0.15) is 20.8 Å². The number of likely N-dealkylation sites (N-methyl/N-ethyl adjacent to an activating group) is 1. The van der Waals surface area contributed by atoms with Crippen LogP contribution in [0.4, 0.5) is 0 Å². The lowest BCUT2D eigenvalue weighted by Crippen LogP contribution is -2.48. The van der Waals surface area contributed by atoms with Gasteiger partial charge in [0.2, 0.25) is 0 Å². The van der Waals surface area contributed by atoms with Gasteiger partial charge in [-0.25, -0.2) is 0 Å². The first-order chi connectivity index (χ1) is 5.16. The molecule has 0 amide bonds. The quantitative estimate of drug-likeness (QED) is 0.565. The highest BCUT2D eigenvalue weighted by atomic mass is 15.4. The molecule has 0 N–H and O–H groups in total. The number of hydrogen-bond acceptors (Lipinski definition) is 2. The molecule has 0 radical (unpaired) electrons. The molecule has 0 spiro atoms. The first-order valence-corrected chi connectivity index (χ1v) is 4.32. The van der Waals surface area contributed by atoms with Crippen molar-refractivity contribution in [1.29, 1.82) is 0 Å². The molecule has 1 aliphatic heterocycles. The lowest BCUT2D eigenvalue weighted by Gasteiger charge is -2.40. The fourth-order valence-electron chi connectivity index (χ4n) is 1.44. The summed E-state index contributed by atoms with van der Waals surface area (Å²) in [5, 5.41) is 0. The van der Waals surface area contributed by atoms with Crippen LogP contribution in [0.15, 0.2) is 12.3 Å². The lowest BCUT2D eigenvalue weighted by molar-refractivity contribution is 0.0854. The van der Waals surface area contributed by atoms with E-state index in [1.165, 1.54) is 0 Å². The van der Waals surface area contributed by atoms with E-state index in [1.54, 1.807) is 0 Å². The van der Waals surface area contributed by atoms with Gasteiger partial charge in [-0.2, -0.15) is 0 Å². The van der Waals surface area contributed by atoms with Crippen molar-refractivity contribution in [3.8, 4) is 0 Å². The van der Waals surface area contributed by atoms with Gasteiger partial charge in [0.1, 0.15) is 0 Å². The van der Waals surface area contributed by atoms with Crippen LogP contribution in [0.5, 0.6) is 0 Å². The SMILES string of the molecule is CCN1C=CC(C)N(C)C1C. The summed E-state index contributed by atoms with van der Waals surface area (Å²) in [5.41, 5.74) is 0. The van der Waals surface area contributed by atoms with E-state index < -0.39 is 0 Å². The zero-order valence-electron chi connectivity index (χ0n) is 7.91. The van der Waals surface area contributed by atoms with Crippen LogP contribution >= 0.6 is 0 Å². The molecule has 0 aliphatic carbocycles. The predicted octanol–water partition coefficient (Wildman–Crippen LogP) is 1.50. The van der Waals surface area contributed by atoms with E-state index >= 15 is 0 Å². The molecule has 0 saturated heterocycles. The summed E-state index contributed by atoms with van der Waals surface area (Å²) in [4.78, 5) is 4.70. The average molecular weight is 154 g/mol. The number of nitrogens with zero attached hydrogens (tertiary/aromatic N) is 2. The molecule has 11 heavy (non-hydrogen) atoms. The molecule has 64 valence electrons. The highest BCUT2D eigenvalue weighted by Gasteiger charge is 2.20. The van der Waals surface area contributed by atoms with Crippen molar-refractivity contribution in [2.24, 2.45) is 0 Å². The molecule has 2 heteroatoms. The van der Waals surface area contributed by atoms with Gasteiger partial charge in [0.15, 0.2) is 0 Å². The number of rotatable bonds is 1. The van der Waals surface area contributed by atoms with E-state index in [0.29, 0.717) is 12.2 Å². The Balaban J connectivity index is 2.68. The highest BCUT2D eigenvalue weighted by Crippen LogP contribution is 2.14. The van der Waals surface area contributed by atoms with Crippen LogP contribution < -0.4 is 0 Å². The summed E-state index contributed by atoms with van der Waals surface area (Å²) >= 11 is 0. The Kier molecular flexibility index (Phi) is 2.55. The third-order valence-corrected chi connectivity index (χ3v) is 2.63. The summed E-state index contributed by atoms with van der Waals surface area (Å²) in [7, 11) is 2.17. The molecule has 1 heterocycles. The van der Waals surface area contributed by atoms with Gasteiger partial charge >= 0.3 is 0 Å². The molecule has 2 nitrogen and oxygen atoms in total. The normalized spacial score (nSPS) is 32.9. The van der Waals surface area contributed by atoms with E-state index in [9.17, 15) is 0 Å². The van der Waals surface area contributed by atoms with Gasteiger partial charge < -0.3 is 4.90 Å². The first kappa shape index (κ1) is 8.60. The smallest absolute Gasteiger partial charge is 0.0788 e. The Morgan fingerprint density at radius 2 is 2.00 bits per heavy atom. The largest absolute Gasteiger partial charge is 0.363 e. The zero-order valence-corrected chi connectivity index (χ0v) is 7.91. The summed E-state index contributed by atoms with van der Waals surface area (Å²) in [6, 6.07) is 0.577. The van der Waals surface area contributed by atoms with Gasteiger partial charge in [0, 0.05) is 12.6 Å². The maximum absolute atomic E-state index is 2.36. The van der Waals surface area contributed by atoms with Crippen LogP contribution in [0.2, 0.25) is 0 Å². The van der Waals surface area contributed by atoms with E-state index in [1.807, 2.05) is 0 Å². The van der Waals surface area contributed by atoms with Gasteiger partial charge in [-0.15, -0.1) is 0 Å². The molecule has 0 aromatic rings. The standard InChI is InChI=1S/C9H18N2/c1-5-11-7-6-8(2)10(4)9(11)3/h6-9H,5H2,1-4H3. The maximum Gasteiger partial charge on any atom is 0.0788 e. The lowest BCUT2D eigenvalue weighted by atomic mass is 10.2. The minimum Gasteiger partial charge on any atom is -0.363 e. The molecule has 2 atom stereocenters. The Bertz CT molecular complexity index is 154. The van der Waals surface area contributed by atoms with E-state index in [4.69, 9.17) is 0 Å². The van der Waals surface area contributed by atoms with Crippen molar-refractivity contribution < 1.29 is 0 Å². The Labute approximate surface area is 69.5 Å². The van der Waals surface area contributed by atoms with Gasteiger partial charge in [0.25, 0.3) is 0 Å². The van der Waals surface area contributed by atoms with Gasteiger partial charge in [-0.1, -0.05) is 6.08 Å². The van der Waals surface area contributed by atoms with E-state index in [2.05, 4.69) is 49.9 Å². The predicted molar refractivity (Wildman–Crippen MR) is 48.2 cm³/mol. The summed E-state index contributed by atoms with van der Waals surface area (Å²) < 4.78 is 0. The Hall–Kier alpha value is -0.500. The summed E-state index contributed by atoms with van der Waals surface area (Å²) in [5.74, 6) is 0. The molecule has 2 unspecified atom stereocenters. The van der Waals surface area contributed by atoms with Crippen LogP contribution in [-0.2, 0) is 0 Å². The third-order valence-electron chi connectivity index (χ3n) is 2.63. The molecular formula is C9H18N2. The van der Waals surface area contributed by atoms with Gasteiger partial charge in [-0.05, 0) is 34.0 Å². The number of hydrogen-bond donors (Lipinski definition) is 0. The Morgan fingerprint density at radius 3 is 2.55 bits per heavy atom. The Morgan fingerprint density at radius 1 is 1.36 bits per heavy atom. The van der Waals surface area contributed by atoms with Crippen LogP contribution in [-0.4, -0.2) is 35.6 Å². The zero-order chi connectivity index (χ0) is 8.43. The monoisotopic (exact) mass is 154 g/mol. The third kappa shape index (κ3) is 1.56. The van der Waals surface area contributed by atoms with Crippen molar-refractivity contribution in [2.75, 3.05) is 13.6 Å². The maximum atomic E-state index is 2.36. The fourth-order valence-corrected chi connectivity index (χ4v) is 1.44. The second kappa shape index (κ2) is 3.26. The molecule has 0 saturated carbocycles. The molecule has 1 aliphatic rings. The molecule has 0 bridgehead atoms. The van der Waals surface area contributed by atoms with E-state index in [-0.39, 0.29) is 0 Å². The topological polar surface area (TPSA) is 6.48 Å². The highest BCUT2D eigenvalue weighted by molar-refractivity contribution is 4.98. The van der Waals surface area contributed by atoms with Crippen LogP contribution in [0.25, 0.3) is 0 Å². The minimum atomic E-state index is 0.542. The molecule has 0 aromatic heterocycles. The van der Waals surface area contributed by atoms with Crippen molar-refractivity contribution in [1.82, 2.24) is 9.80 Å². The van der Waals surface area contributed by atoms with Crippen LogP contribution in [0, 0.1) is 0 Å². The van der Waals surface area contributed by atoms with Crippen molar-refractivity contribution in [3.05, 3.63) is 12.3 Å². The van der Waals surface area contributed by atoms with E-state index in [0.717, 1.165) is 6.54 Å². The molecule has 0 fully saturated rings. The second-order valence-electron chi connectivity index (χ2n) is 3.21. The fraction of sp³-hybridized carbons (Fsp3) is 0.778. The van der Waals surface area contributed by atoms with Crippen molar-refractivity contribution in [3.63, 3.8) is 0 Å². The van der Waals surface area contributed by atoms with Crippen molar-refractivity contribution in [2.45, 2.75) is 33.0 Å². The van der Waals surface area contributed by atoms with Crippen molar-refractivity contribution >= 4 is 0 Å². The van der Waals surface area contributed by atoms with Gasteiger partial charge in [0.05, 0.1) is 6.17 Å².